The lowest BCUT2D eigenvalue weighted by Gasteiger charge is -2.28. The van der Waals surface area contributed by atoms with Crippen molar-refractivity contribution < 1.29 is 9.90 Å². The van der Waals surface area contributed by atoms with Gasteiger partial charge in [-0.2, -0.15) is 0 Å². The van der Waals surface area contributed by atoms with E-state index in [1.807, 2.05) is 12.1 Å². The fraction of sp³-hybridized carbons (Fsp3) is 0.500. The van der Waals surface area contributed by atoms with Crippen LogP contribution in [0.15, 0.2) is 24.3 Å². The van der Waals surface area contributed by atoms with Crippen molar-refractivity contribution in [1.29, 1.82) is 0 Å². The summed E-state index contributed by atoms with van der Waals surface area (Å²) >= 11 is 5.79. The van der Waals surface area contributed by atoms with Gasteiger partial charge in [0.25, 0.3) is 0 Å². The fourth-order valence-corrected chi connectivity index (χ4v) is 2.45. The molecule has 0 saturated heterocycles. The first-order chi connectivity index (χ1) is 8.65. The van der Waals surface area contributed by atoms with Crippen molar-refractivity contribution in [2.75, 3.05) is 0 Å². The van der Waals surface area contributed by atoms with Crippen LogP contribution in [0.4, 0.5) is 0 Å². The Morgan fingerprint density at radius 3 is 2.61 bits per heavy atom. The first-order valence-corrected chi connectivity index (χ1v) is 6.75. The van der Waals surface area contributed by atoms with Crippen LogP contribution in [-0.4, -0.2) is 23.2 Å². The molecule has 2 atom stereocenters. The predicted molar refractivity (Wildman–Crippen MR) is 71.6 cm³/mol. The number of benzene rings is 1. The van der Waals surface area contributed by atoms with E-state index >= 15 is 0 Å². The van der Waals surface area contributed by atoms with Crippen LogP contribution in [0.1, 0.15) is 31.2 Å². The third-order valence-corrected chi connectivity index (χ3v) is 3.61. The van der Waals surface area contributed by atoms with E-state index in [1.54, 1.807) is 12.1 Å². The number of carbonyl (C=O) groups excluding carboxylic acids is 1. The van der Waals surface area contributed by atoms with Crippen LogP contribution >= 0.6 is 11.6 Å². The van der Waals surface area contributed by atoms with Gasteiger partial charge in [-0.3, -0.25) is 4.79 Å². The van der Waals surface area contributed by atoms with Gasteiger partial charge in [0.2, 0.25) is 5.91 Å². The van der Waals surface area contributed by atoms with Crippen molar-refractivity contribution in [2.24, 2.45) is 0 Å². The number of hydrogen-bond acceptors (Lipinski definition) is 2. The van der Waals surface area contributed by atoms with Gasteiger partial charge in [0.05, 0.1) is 18.6 Å². The van der Waals surface area contributed by atoms with Crippen molar-refractivity contribution in [3.8, 4) is 0 Å². The summed E-state index contributed by atoms with van der Waals surface area (Å²) in [5.41, 5.74) is 0.933. The van der Waals surface area contributed by atoms with Crippen molar-refractivity contribution in [3.05, 3.63) is 34.9 Å². The minimum atomic E-state index is -0.395. The monoisotopic (exact) mass is 267 g/mol. The van der Waals surface area contributed by atoms with Crippen LogP contribution in [0.25, 0.3) is 0 Å². The second-order valence-electron chi connectivity index (χ2n) is 4.83. The Morgan fingerprint density at radius 2 is 1.94 bits per heavy atom. The molecule has 1 aliphatic carbocycles. The van der Waals surface area contributed by atoms with E-state index < -0.39 is 6.10 Å². The number of aliphatic hydroxyl groups excluding tert-OH is 1. The SMILES string of the molecule is O=C(Cc1ccc(Cl)cc1)NC1CCCCC1O. The highest BCUT2D eigenvalue weighted by atomic mass is 35.5. The molecule has 0 spiro atoms. The van der Waals surface area contributed by atoms with Crippen LogP contribution in [0.2, 0.25) is 5.02 Å². The first kappa shape index (κ1) is 13.4. The number of amides is 1. The Morgan fingerprint density at radius 1 is 1.28 bits per heavy atom. The molecule has 4 heteroatoms. The lowest BCUT2D eigenvalue weighted by molar-refractivity contribution is -0.122. The summed E-state index contributed by atoms with van der Waals surface area (Å²) in [5.74, 6) is -0.0386. The molecule has 0 heterocycles. The Labute approximate surface area is 112 Å². The normalized spacial score (nSPS) is 23.7. The Kier molecular flexibility index (Phi) is 4.61. The van der Waals surface area contributed by atoms with Gasteiger partial charge in [0.15, 0.2) is 0 Å². The van der Waals surface area contributed by atoms with Crippen molar-refractivity contribution in [1.82, 2.24) is 5.32 Å². The molecule has 18 heavy (non-hydrogen) atoms. The van der Waals surface area contributed by atoms with Crippen LogP contribution in [0.3, 0.4) is 0 Å². The molecule has 0 radical (unpaired) electrons. The lowest BCUT2D eigenvalue weighted by Crippen LogP contribution is -2.45. The summed E-state index contributed by atoms with van der Waals surface area (Å²) in [6.07, 6.45) is 3.71. The predicted octanol–water partition coefficient (Wildman–Crippen LogP) is 2.30. The standard InChI is InChI=1S/C14H18ClNO2/c15-11-7-5-10(6-8-11)9-14(18)16-12-3-1-2-4-13(12)17/h5-8,12-13,17H,1-4,9H2,(H,16,18). The highest BCUT2D eigenvalue weighted by Crippen LogP contribution is 2.18. The average molecular weight is 268 g/mol. The molecule has 3 nitrogen and oxygen atoms in total. The number of rotatable bonds is 3. The van der Waals surface area contributed by atoms with Crippen LogP contribution in [0, 0.1) is 0 Å². The molecule has 1 aliphatic rings. The highest BCUT2D eigenvalue weighted by molar-refractivity contribution is 6.30. The largest absolute Gasteiger partial charge is 0.391 e. The van der Waals surface area contributed by atoms with Gasteiger partial charge in [0, 0.05) is 5.02 Å². The quantitative estimate of drug-likeness (QED) is 0.883. The van der Waals surface area contributed by atoms with E-state index in [4.69, 9.17) is 11.6 Å². The van der Waals surface area contributed by atoms with Crippen molar-refractivity contribution >= 4 is 17.5 Å². The molecule has 0 aromatic heterocycles. The zero-order valence-electron chi connectivity index (χ0n) is 10.2. The third kappa shape index (κ3) is 3.72. The van der Waals surface area contributed by atoms with Gasteiger partial charge < -0.3 is 10.4 Å². The van der Waals surface area contributed by atoms with E-state index in [1.165, 1.54) is 0 Å². The minimum Gasteiger partial charge on any atom is -0.391 e. The molecule has 2 unspecified atom stereocenters. The van der Waals surface area contributed by atoms with Crippen LogP contribution in [0.5, 0.6) is 0 Å². The summed E-state index contributed by atoms with van der Waals surface area (Å²) in [6.45, 7) is 0. The molecular weight excluding hydrogens is 250 g/mol. The summed E-state index contributed by atoms with van der Waals surface area (Å²) < 4.78 is 0. The summed E-state index contributed by atoms with van der Waals surface area (Å²) in [5, 5.41) is 13.4. The average Bonchev–Trinajstić information content (AvgIpc) is 2.35. The molecular formula is C14H18ClNO2. The van der Waals surface area contributed by atoms with Gasteiger partial charge in [-0.1, -0.05) is 36.6 Å². The Balaban J connectivity index is 1.86. The van der Waals surface area contributed by atoms with Gasteiger partial charge in [-0.05, 0) is 30.5 Å². The maximum atomic E-state index is 11.9. The number of hydrogen-bond donors (Lipinski definition) is 2. The van der Waals surface area contributed by atoms with E-state index in [9.17, 15) is 9.90 Å². The molecule has 1 aromatic rings. The summed E-state index contributed by atoms with van der Waals surface area (Å²) in [4.78, 5) is 11.9. The van der Waals surface area contributed by atoms with Crippen LogP contribution < -0.4 is 5.32 Å². The van der Waals surface area contributed by atoms with E-state index in [-0.39, 0.29) is 11.9 Å². The Bertz CT molecular complexity index is 405. The molecule has 1 amide bonds. The van der Waals surface area contributed by atoms with Crippen molar-refractivity contribution in [3.63, 3.8) is 0 Å². The smallest absolute Gasteiger partial charge is 0.224 e. The van der Waals surface area contributed by atoms with Gasteiger partial charge in [-0.25, -0.2) is 0 Å². The topological polar surface area (TPSA) is 49.3 Å². The summed E-state index contributed by atoms with van der Waals surface area (Å²) in [6, 6.07) is 7.16. The van der Waals surface area contributed by atoms with Gasteiger partial charge >= 0.3 is 0 Å². The molecule has 2 rings (SSSR count). The third-order valence-electron chi connectivity index (χ3n) is 3.35. The molecule has 1 aromatic carbocycles. The molecule has 0 aliphatic heterocycles. The zero-order chi connectivity index (χ0) is 13.0. The maximum Gasteiger partial charge on any atom is 0.224 e. The molecule has 98 valence electrons. The lowest BCUT2D eigenvalue weighted by atomic mass is 9.92. The van der Waals surface area contributed by atoms with Crippen molar-refractivity contribution in [2.45, 2.75) is 44.2 Å². The van der Waals surface area contributed by atoms with E-state index in [0.717, 1.165) is 31.2 Å². The second kappa shape index (κ2) is 6.21. The fourth-order valence-electron chi connectivity index (χ4n) is 2.33. The van der Waals surface area contributed by atoms with E-state index in [0.29, 0.717) is 11.4 Å². The maximum absolute atomic E-state index is 11.9. The number of halogens is 1. The van der Waals surface area contributed by atoms with Crippen LogP contribution in [-0.2, 0) is 11.2 Å². The number of aliphatic hydroxyl groups is 1. The molecule has 1 fully saturated rings. The molecule has 1 saturated carbocycles. The zero-order valence-corrected chi connectivity index (χ0v) is 11.0. The second-order valence-corrected chi connectivity index (χ2v) is 5.27. The first-order valence-electron chi connectivity index (χ1n) is 6.37. The number of carbonyl (C=O) groups is 1. The van der Waals surface area contributed by atoms with E-state index in [2.05, 4.69) is 5.32 Å². The number of nitrogens with one attached hydrogen (secondary N) is 1. The molecule has 0 bridgehead atoms. The summed E-state index contributed by atoms with van der Waals surface area (Å²) in [7, 11) is 0. The Hall–Kier alpha value is -1.06. The van der Waals surface area contributed by atoms with Gasteiger partial charge in [0.1, 0.15) is 0 Å². The highest BCUT2D eigenvalue weighted by Gasteiger charge is 2.24. The van der Waals surface area contributed by atoms with Gasteiger partial charge in [-0.15, -0.1) is 0 Å². The minimum absolute atomic E-state index is 0.0386. The molecule has 2 N–H and O–H groups in total.